The minimum absolute atomic E-state index is 0.0712. The van der Waals surface area contributed by atoms with E-state index in [-0.39, 0.29) is 12.6 Å². The number of carbonyl (C=O) groups excluding carboxylic acids is 1. The first-order valence-corrected chi connectivity index (χ1v) is 9.50. The van der Waals surface area contributed by atoms with Crippen LogP contribution in [0.15, 0.2) is 60.7 Å². The van der Waals surface area contributed by atoms with Crippen LogP contribution in [0.1, 0.15) is 29.3 Å². The van der Waals surface area contributed by atoms with Crippen LogP contribution in [0.3, 0.4) is 0 Å². The maximum atomic E-state index is 12.4. The summed E-state index contributed by atoms with van der Waals surface area (Å²) in [5.41, 5.74) is 3.48. The molecule has 0 atom stereocenters. The lowest BCUT2D eigenvalue weighted by Gasteiger charge is -2.12. The largest absolute Gasteiger partial charge is 0.497 e. The highest BCUT2D eigenvalue weighted by molar-refractivity contribution is 5.97. The summed E-state index contributed by atoms with van der Waals surface area (Å²) in [6.07, 6.45) is 0.433. The van der Waals surface area contributed by atoms with Gasteiger partial charge in [0.2, 0.25) is 6.79 Å². The summed E-state index contributed by atoms with van der Waals surface area (Å²) in [5.74, 6) is 2.95. The Balaban J connectivity index is 1.62. The second-order valence-electron chi connectivity index (χ2n) is 6.73. The van der Waals surface area contributed by atoms with Crippen LogP contribution in [0.2, 0.25) is 0 Å². The molecule has 0 saturated carbocycles. The third kappa shape index (κ3) is 4.19. The molecule has 1 heterocycles. The topological polar surface area (TPSA) is 54.0 Å². The Morgan fingerprint density at radius 2 is 1.69 bits per heavy atom. The maximum absolute atomic E-state index is 12.4. The fourth-order valence-corrected chi connectivity index (χ4v) is 3.18. The van der Waals surface area contributed by atoms with E-state index < -0.39 is 0 Å². The van der Waals surface area contributed by atoms with E-state index in [2.05, 4.69) is 0 Å². The summed E-state index contributed by atoms with van der Waals surface area (Å²) in [6.45, 7) is 2.48. The first-order chi connectivity index (χ1) is 14.2. The number of hydrogen-bond donors (Lipinski definition) is 0. The lowest BCUT2D eigenvalue weighted by Crippen LogP contribution is -2.00. The number of ether oxygens (including phenoxy) is 4. The van der Waals surface area contributed by atoms with Crippen LogP contribution in [-0.2, 0) is 6.61 Å². The van der Waals surface area contributed by atoms with E-state index in [1.807, 2.05) is 61.5 Å². The molecule has 0 unspecified atom stereocenters. The van der Waals surface area contributed by atoms with Crippen LogP contribution < -0.4 is 18.9 Å². The van der Waals surface area contributed by atoms with E-state index in [4.69, 9.17) is 18.9 Å². The second-order valence-corrected chi connectivity index (χ2v) is 6.73. The molecule has 3 aromatic carbocycles. The van der Waals surface area contributed by atoms with Gasteiger partial charge >= 0.3 is 0 Å². The SMILES string of the molecule is CCC(=O)c1cc(OCc2ccc(OC)cc2)cc(-c2ccc3c(c2)OCO3)c1. The maximum Gasteiger partial charge on any atom is 0.231 e. The molecule has 148 valence electrons. The van der Waals surface area contributed by atoms with Gasteiger partial charge in [0.15, 0.2) is 17.3 Å². The minimum Gasteiger partial charge on any atom is -0.497 e. The van der Waals surface area contributed by atoms with Crippen molar-refractivity contribution in [1.29, 1.82) is 0 Å². The standard InChI is InChI=1S/C24H22O5/c1-3-22(25)19-10-18(17-6-9-23-24(13-17)29-15-28-23)11-21(12-19)27-14-16-4-7-20(26-2)8-5-16/h4-13H,3,14-15H2,1-2H3. The first-order valence-electron chi connectivity index (χ1n) is 9.50. The molecule has 0 N–H and O–H groups in total. The van der Waals surface area contributed by atoms with Crippen molar-refractivity contribution in [3.63, 3.8) is 0 Å². The summed E-state index contributed by atoms with van der Waals surface area (Å²) in [7, 11) is 1.64. The fourth-order valence-electron chi connectivity index (χ4n) is 3.18. The molecule has 1 aliphatic rings. The summed E-state index contributed by atoms with van der Waals surface area (Å²) in [6, 6.07) is 19.1. The molecule has 4 rings (SSSR count). The summed E-state index contributed by atoms with van der Waals surface area (Å²) >= 11 is 0. The van der Waals surface area contributed by atoms with E-state index in [9.17, 15) is 4.79 Å². The van der Waals surface area contributed by atoms with Gasteiger partial charge in [0, 0.05) is 12.0 Å². The fraction of sp³-hybridized carbons (Fsp3) is 0.208. The molecule has 5 nitrogen and oxygen atoms in total. The number of benzene rings is 3. The van der Waals surface area contributed by atoms with Crippen molar-refractivity contribution < 1.29 is 23.7 Å². The molecule has 0 radical (unpaired) electrons. The van der Waals surface area contributed by atoms with Crippen molar-refractivity contribution in [2.45, 2.75) is 20.0 Å². The van der Waals surface area contributed by atoms with Gasteiger partial charge in [-0.25, -0.2) is 0 Å². The molecule has 0 saturated heterocycles. The second kappa shape index (κ2) is 8.27. The Morgan fingerprint density at radius 1 is 0.897 bits per heavy atom. The monoisotopic (exact) mass is 390 g/mol. The number of carbonyl (C=O) groups is 1. The Kier molecular flexibility index (Phi) is 5.38. The molecule has 29 heavy (non-hydrogen) atoms. The van der Waals surface area contributed by atoms with Gasteiger partial charge < -0.3 is 18.9 Å². The zero-order chi connectivity index (χ0) is 20.2. The molecule has 0 fully saturated rings. The van der Waals surface area contributed by atoms with Crippen molar-refractivity contribution in [2.75, 3.05) is 13.9 Å². The van der Waals surface area contributed by atoms with Gasteiger partial charge in [-0.1, -0.05) is 25.1 Å². The van der Waals surface area contributed by atoms with Gasteiger partial charge in [0.1, 0.15) is 18.1 Å². The number of rotatable bonds is 7. The normalized spacial score (nSPS) is 11.9. The average Bonchev–Trinajstić information content (AvgIpc) is 3.25. The lowest BCUT2D eigenvalue weighted by molar-refractivity contribution is 0.0987. The van der Waals surface area contributed by atoms with E-state index in [1.165, 1.54) is 0 Å². The van der Waals surface area contributed by atoms with E-state index in [0.717, 1.165) is 28.2 Å². The van der Waals surface area contributed by atoms with Crippen molar-refractivity contribution in [2.24, 2.45) is 0 Å². The number of Topliss-reactive ketones (excluding diaryl/α,β-unsaturated/α-hetero) is 1. The van der Waals surface area contributed by atoms with Crippen LogP contribution in [0.4, 0.5) is 0 Å². The molecule has 0 spiro atoms. The van der Waals surface area contributed by atoms with Gasteiger partial charge in [-0.3, -0.25) is 4.79 Å². The lowest BCUT2D eigenvalue weighted by atomic mass is 9.99. The first kappa shape index (κ1) is 18.9. The van der Waals surface area contributed by atoms with Crippen LogP contribution in [0.5, 0.6) is 23.0 Å². The predicted octanol–water partition coefficient (Wildman–Crippen LogP) is 5.26. The van der Waals surface area contributed by atoms with Crippen LogP contribution in [0.25, 0.3) is 11.1 Å². The molecule has 0 aromatic heterocycles. The molecule has 1 aliphatic heterocycles. The number of fused-ring (bicyclic) bond motifs is 1. The van der Waals surface area contributed by atoms with E-state index in [1.54, 1.807) is 13.2 Å². The highest BCUT2D eigenvalue weighted by Crippen LogP contribution is 2.37. The van der Waals surface area contributed by atoms with E-state index in [0.29, 0.717) is 30.1 Å². The minimum atomic E-state index is 0.0712. The highest BCUT2D eigenvalue weighted by atomic mass is 16.7. The molecule has 0 amide bonds. The van der Waals surface area contributed by atoms with Crippen molar-refractivity contribution in [1.82, 2.24) is 0 Å². The van der Waals surface area contributed by atoms with Crippen LogP contribution in [0, 0.1) is 0 Å². The van der Waals surface area contributed by atoms with E-state index >= 15 is 0 Å². The number of ketones is 1. The Hall–Kier alpha value is -3.47. The third-order valence-electron chi connectivity index (χ3n) is 4.82. The quantitative estimate of drug-likeness (QED) is 0.515. The zero-order valence-electron chi connectivity index (χ0n) is 16.4. The van der Waals surface area contributed by atoms with Gasteiger partial charge in [-0.2, -0.15) is 0 Å². The van der Waals surface area contributed by atoms with Crippen LogP contribution in [-0.4, -0.2) is 19.7 Å². The van der Waals surface area contributed by atoms with Gasteiger partial charge in [-0.15, -0.1) is 0 Å². The summed E-state index contributed by atoms with van der Waals surface area (Å²) in [4.78, 5) is 12.4. The average molecular weight is 390 g/mol. The predicted molar refractivity (Wildman–Crippen MR) is 110 cm³/mol. The summed E-state index contributed by atoms with van der Waals surface area (Å²) < 4.78 is 22.1. The Morgan fingerprint density at radius 3 is 2.45 bits per heavy atom. The smallest absolute Gasteiger partial charge is 0.231 e. The van der Waals surface area contributed by atoms with Gasteiger partial charge in [0.25, 0.3) is 0 Å². The number of hydrogen-bond acceptors (Lipinski definition) is 5. The Bertz CT molecular complexity index is 1020. The van der Waals surface area contributed by atoms with Crippen molar-refractivity contribution >= 4 is 5.78 Å². The van der Waals surface area contributed by atoms with Crippen molar-refractivity contribution in [3.05, 3.63) is 71.8 Å². The molecule has 0 aliphatic carbocycles. The molecule has 5 heteroatoms. The molecular formula is C24H22O5. The van der Waals surface area contributed by atoms with Gasteiger partial charge in [0.05, 0.1) is 7.11 Å². The number of methoxy groups -OCH3 is 1. The summed E-state index contributed by atoms with van der Waals surface area (Å²) in [5, 5.41) is 0. The van der Waals surface area contributed by atoms with Crippen molar-refractivity contribution in [3.8, 4) is 34.1 Å². The molecule has 3 aromatic rings. The molecular weight excluding hydrogens is 368 g/mol. The molecule has 0 bridgehead atoms. The zero-order valence-corrected chi connectivity index (χ0v) is 16.4. The third-order valence-corrected chi connectivity index (χ3v) is 4.82. The van der Waals surface area contributed by atoms with Crippen LogP contribution >= 0.6 is 0 Å². The Labute approximate surface area is 169 Å². The highest BCUT2D eigenvalue weighted by Gasteiger charge is 2.15. The van der Waals surface area contributed by atoms with Gasteiger partial charge in [-0.05, 0) is 59.2 Å².